The minimum absolute atomic E-state index is 0.272. The Bertz CT molecular complexity index is 831. The summed E-state index contributed by atoms with van der Waals surface area (Å²) in [5, 5.41) is 2.37. The van der Waals surface area contributed by atoms with Gasteiger partial charge < -0.3 is 4.74 Å². The van der Waals surface area contributed by atoms with Gasteiger partial charge in [-0.15, -0.1) is 11.8 Å². The number of benzene rings is 2. The first-order valence-corrected chi connectivity index (χ1v) is 9.07. The van der Waals surface area contributed by atoms with Crippen molar-refractivity contribution in [2.75, 3.05) is 12.4 Å². The number of hydrogen-bond donors (Lipinski definition) is 1. The molecule has 4 rings (SSSR count). The first-order chi connectivity index (χ1) is 11.7. The van der Waals surface area contributed by atoms with Crippen molar-refractivity contribution in [1.29, 1.82) is 0 Å². The zero-order chi connectivity index (χ0) is 16.5. The largest absolute Gasteiger partial charge is 0.492 e. The first-order valence-electron chi connectivity index (χ1n) is 8.09. The van der Waals surface area contributed by atoms with E-state index in [1.807, 2.05) is 36.0 Å². The van der Waals surface area contributed by atoms with Gasteiger partial charge in [-0.1, -0.05) is 24.3 Å². The molecule has 0 radical (unpaired) electrons. The quantitative estimate of drug-likeness (QED) is 0.869. The number of amides is 2. The lowest BCUT2D eigenvalue weighted by Crippen LogP contribution is -2.20. The molecule has 2 aliphatic rings. The van der Waals surface area contributed by atoms with Gasteiger partial charge in [0.05, 0.1) is 22.6 Å². The van der Waals surface area contributed by atoms with Crippen LogP contribution in [-0.2, 0) is 12.8 Å². The number of hydrogen-bond acceptors (Lipinski definition) is 4. The van der Waals surface area contributed by atoms with Gasteiger partial charge in [0.2, 0.25) is 0 Å². The average molecular weight is 339 g/mol. The molecule has 0 unspecified atom stereocenters. The van der Waals surface area contributed by atoms with Crippen LogP contribution in [0.25, 0.3) is 0 Å². The van der Waals surface area contributed by atoms with Crippen molar-refractivity contribution in [2.24, 2.45) is 0 Å². The topological polar surface area (TPSA) is 55.4 Å². The molecule has 2 aliphatic heterocycles. The fourth-order valence-electron chi connectivity index (χ4n) is 3.30. The van der Waals surface area contributed by atoms with Crippen LogP contribution in [0.4, 0.5) is 0 Å². The number of thioether (sulfide) groups is 1. The summed E-state index contributed by atoms with van der Waals surface area (Å²) < 4.78 is 5.70. The SMILES string of the molecule is O=C1NC(=O)c2c(CCCc3cccc4c3SCCO4)cccc21. The lowest BCUT2D eigenvalue weighted by Gasteiger charge is -2.19. The molecule has 24 heavy (non-hydrogen) atoms. The molecule has 0 aromatic heterocycles. The van der Waals surface area contributed by atoms with Crippen LogP contribution < -0.4 is 10.1 Å². The Hall–Kier alpha value is -2.27. The highest BCUT2D eigenvalue weighted by Crippen LogP contribution is 2.36. The molecule has 2 heterocycles. The number of fused-ring (bicyclic) bond motifs is 2. The Morgan fingerprint density at radius 3 is 2.71 bits per heavy atom. The van der Waals surface area contributed by atoms with Crippen molar-refractivity contribution in [1.82, 2.24) is 5.32 Å². The van der Waals surface area contributed by atoms with Crippen LogP contribution in [0.2, 0.25) is 0 Å². The predicted octanol–water partition coefficient (Wildman–Crippen LogP) is 3.23. The summed E-state index contributed by atoms with van der Waals surface area (Å²) in [6.07, 6.45) is 2.63. The van der Waals surface area contributed by atoms with E-state index in [-0.39, 0.29) is 11.8 Å². The third-order valence-corrected chi connectivity index (χ3v) is 5.51. The molecule has 5 heteroatoms. The van der Waals surface area contributed by atoms with Crippen LogP contribution >= 0.6 is 11.8 Å². The second-order valence-electron chi connectivity index (χ2n) is 5.92. The fourth-order valence-corrected chi connectivity index (χ4v) is 4.29. The molecule has 122 valence electrons. The predicted molar refractivity (Wildman–Crippen MR) is 92.9 cm³/mol. The Balaban J connectivity index is 1.50. The third-order valence-electron chi connectivity index (χ3n) is 4.39. The smallest absolute Gasteiger partial charge is 0.259 e. The van der Waals surface area contributed by atoms with Crippen molar-refractivity contribution < 1.29 is 14.3 Å². The molecule has 4 nitrogen and oxygen atoms in total. The minimum atomic E-state index is -0.289. The van der Waals surface area contributed by atoms with Crippen molar-refractivity contribution >= 4 is 23.6 Å². The molecular weight excluding hydrogens is 322 g/mol. The standard InChI is InChI=1S/C19H17NO3S/c21-18-14-8-2-5-12(16(14)19(22)20-18)4-1-6-13-7-3-9-15-17(13)24-11-10-23-15/h2-3,5,7-9H,1,4,6,10-11H2,(H,20,21,22). The molecule has 0 fully saturated rings. The summed E-state index contributed by atoms with van der Waals surface area (Å²) in [5.41, 5.74) is 3.30. The van der Waals surface area contributed by atoms with Gasteiger partial charge in [0.25, 0.3) is 11.8 Å². The van der Waals surface area contributed by atoms with E-state index in [9.17, 15) is 9.59 Å². The molecule has 0 spiro atoms. The minimum Gasteiger partial charge on any atom is -0.492 e. The van der Waals surface area contributed by atoms with Crippen LogP contribution in [0.5, 0.6) is 5.75 Å². The van der Waals surface area contributed by atoms with Crippen molar-refractivity contribution in [3.8, 4) is 5.75 Å². The van der Waals surface area contributed by atoms with Crippen LogP contribution in [0.15, 0.2) is 41.3 Å². The number of nitrogens with one attached hydrogen (secondary N) is 1. The molecule has 0 saturated heterocycles. The lowest BCUT2D eigenvalue weighted by atomic mass is 9.97. The summed E-state index contributed by atoms with van der Waals surface area (Å²) in [7, 11) is 0. The highest BCUT2D eigenvalue weighted by Gasteiger charge is 2.28. The number of ether oxygens (including phenoxy) is 1. The Morgan fingerprint density at radius 2 is 1.79 bits per heavy atom. The number of aryl methyl sites for hydroxylation is 2. The van der Waals surface area contributed by atoms with Gasteiger partial charge >= 0.3 is 0 Å². The van der Waals surface area contributed by atoms with Gasteiger partial charge in [-0.25, -0.2) is 0 Å². The maximum Gasteiger partial charge on any atom is 0.259 e. The average Bonchev–Trinajstić information content (AvgIpc) is 2.90. The molecule has 0 saturated carbocycles. The van der Waals surface area contributed by atoms with Gasteiger partial charge in [-0.3, -0.25) is 14.9 Å². The number of imide groups is 1. The van der Waals surface area contributed by atoms with E-state index in [1.165, 1.54) is 10.5 Å². The zero-order valence-corrected chi connectivity index (χ0v) is 13.9. The van der Waals surface area contributed by atoms with E-state index >= 15 is 0 Å². The molecule has 2 aromatic rings. The van der Waals surface area contributed by atoms with Crippen LogP contribution in [0.1, 0.15) is 38.3 Å². The van der Waals surface area contributed by atoms with E-state index in [4.69, 9.17) is 4.74 Å². The van der Waals surface area contributed by atoms with Crippen molar-refractivity contribution in [3.05, 3.63) is 58.7 Å². The fraction of sp³-hybridized carbons (Fsp3) is 0.263. The number of rotatable bonds is 4. The Labute approximate surface area is 144 Å². The monoisotopic (exact) mass is 339 g/mol. The molecule has 0 aliphatic carbocycles. The van der Waals surface area contributed by atoms with Crippen molar-refractivity contribution in [3.63, 3.8) is 0 Å². The summed E-state index contributed by atoms with van der Waals surface area (Å²) in [4.78, 5) is 25.0. The summed E-state index contributed by atoms with van der Waals surface area (Å²) in [5.74, 6) is 1.40. The molecular formula is C19H17NO3S. The summed E-state index contributed by atoms with van der Waals surface area (Å²) in [6, 6.07) is 11.7. The van der Waals surface area contributed by atoms with Gasteiger partial charge in [0, 0.05) is 5.75 Å². The van der Waals surface area contributed by atoms with Crippen LogP contribution in [0, 0.1) is 0 Å². The molecule has 2 aromatic carbocycles. The summed E-state index contributed by atoms with van der Waals surface area (Å²) in [6.45, 7) is 0.764. The van der Waals surface area contributed by atoms with Gasteiger partial charge in [0.15, 0.2) is 0 Å². The highest BCUT2D eigenvalue weighted by atomic mass is 32.2. The normalized spacial score (nSPS) is 15.5. The lowest BCUT2D eigenvalue weighted by molar-refractivity contribution is 0.0879. The van der Waals surface area contributed by atoms with Gasteiger partial charge in [-0.05, 0) is 42.5 Å². The Kier molecular flexibility index (Phi) is 4.02. The van der Waals surface area contributed by atoms with E-state index in [0.717, 1.165) is 42.9 Å². The maximum atomic E-state index is 12.0. The summed E-state index contributed by atoms with van der Waals surface area (Å²) >= 11 is 1.85. The number of carbonyl (C=O) groups excluding carboxylic acids is 2. The molecule has 0 atom stereocenters. The molecule has 0 bridgehead atoms. The Morgan fingerprint density at radius 1 is 1.00 bits per heavy atom. The van der Waals surface area contributed by atoms with Gasteiger partial charge in [0.1, 0.15) is 5.75 Å². The van der Waals surface area contributed by atoms with E-state index in [1.54, 1.807) is 6.07 Å². The van der Waals surface area contributed by atoms with Crippen LogP contribution in [0.3, 0.4) is 0 Å². The van der Waals surface area contributed by atoms with E-state index in [0.29, 0.717) is 11.1 Å². The number of carbonyl (C=O) groups is 2. The second kappa shape index (κ2) is 6.32. The maximum absolute atomic E-state index is 12.0. The van der Waals surface area contributed by atoms with Gasteiger partial charge in [-0.2, -0.15) is 0 Å². The molecule has 1 N–H and O–H groups in total. The third kappa shape index (κ3) is 2.69. The second-order valence-corrected chi connectivity index (χ2v) is 7.02. The van der Waals surface area contributed by atoms with E-state index in [2.05, 4.69) is 11.4 Å². The molecule has 2 amide bonds. The van der Waals surface area contributed by atoms with Crippen molar-refractivity contribution in [2.45, 2.75) is 24.2 Å². The van der Waals surface area contributed by atoms with E-state index < -0.39 is 0 Å². The highest BCUT2D eigenvalue weighted by molar-refractivity contribution is 7.99. The first kappa shape index (κ1) is 15.3. The van der Waals surface area contributed by atoms with Crippen LogP contribution in [-0.4, -0.2) is 24.2 Å². The zero-order valence-electron chi connectivity index (χ0n) is 13.1.